The van der Waals surface area contributed by atoms with Gasteiger partial charge in [-0.2, -0.15) is 5.10 Å². The van der Waals surface area contributed by atoms with Gasteiger partial charge in [0.05, 0.1) is 17.0 Å². The molecule has 0 aliphatic heterocycles. The summed E-state index contributed by atoms with van der Waals surface area (Å²) in [6.07, 6.45) is 9.32. The van der Waals surface area contributed by atoms with Gasteiger partial charge in [-0.3, -0.25) is 9.48 Å². The van der Waals surface area contributed by atoms with Gasteiger partial charge in [0.15, 0.2) is 15.5 Å². The van der Waals surface area contributed by atoms with Gasteiger partial charge in [0.2, 0.25) is 0 Å². The highest BCUT2D eigenvalue weighted by Crippen LogP contribution is 2.22. The van der Waals surface area contributed by atoms with Crippen LogP contribution in [0.3, 0.4) is 0 Å². The Morgan fingerprint density at radius 1 is 1.16 bits per heavy atom. The Balaban J connectivity index is 1.60. The fraction of sp³-hybridized carbons (Fsp3) is 0.250. The van der Waals surface area contributed by atoms with E-state index in [1.165, 1.54) is 6.26 Å². The molecule has 6 nitrogen and oxygen atoms in total. The van der Waals surface area contributed by atoms with Crippen LogP contribution in [0.15, 0.2) is 77.4 Å². The molecule has 1 amide bonds. The zero-order valence-electron chi connectivity index (χ0n) is 17.6. The number of carbonyl (C=O) groups excluding carboxylic acids is 1. The third-order valence-electron chi connectivity index (χ3n) is 5.53. The van der Waals surface area contributed by atoms with Gasteiger partial charge in [-0.05, 0) is 48.6 Å². The first-order chi connectivity index (χ1) is 14.8. The molecule has 0 saturated carbocycles. The molecule has 1 unspecified atom stereocenters. The molecule has 31 heavy (non-hydrogen) atoms. The molecule has 1 atom stereocenters. The van der Waals surface area contributed by atoms with E-state index in [1.807, 2.05) is 30.3 Å². The van der Waals surface area contributed by atoms with Gasteiger partial charge in [-0.25, -0.2) is 8.42 Å². The van der Waals surface area contributed by atoms with Crippen LogP contribution in [0.4, 0.5) is 0 Å². The fourth-order valence-corrected chi connectivity index (χ4v) is 4.31. The number of nitrogens with one attached hydrogen (secondary N) is 1. The number of rotatable bonds is 6. The molecular formula is C24H25N3O3S. The predicted molar refractivity (Wildman–Crippen MR) is 121 cm³/mol. The van der Waals surface area contributed by atoms with E-state index in [0.717, 1.165) is 35.0 Å². The maximum atomic E-state index is 13.0. The summed E-state index contributed by atoms with van der Waals surface area (Å²) in [7, 11) is -3.24. The lowest BCUT2D eigenvalue weighted by atomic mass is 9.97. The number of allylic oxidation sites excluding steroid dienone is 3. The quantitative estimate of drug-likeness (QED) is 0.632. The molecule has 4 rings (SSSR count). The summed E-state index contributed by atoms with van der Waals surface area (Å²) in [6.45, 7) is 2.58. The van der Waals surface area contributed by atoms with E-state index in [1.54, 1.807) is 28.9 Å². The standard InChI is InChI=1S/C24H25N3O3S/c1-3-17-8-12-19(13-9-17)25-24(28)23-21-6-4-5-7-22(21)27(26-23)16-18-10-14-20(15-11-18)31(2,29)30/h4-8,10-15,17H,3,9,16H2,1-2H3,(H,25,28). The summed E-state index contributed by atoms with van der Waals surface area (Å²) in [5.41, 5.74) is 2.91. The molecule has 2 aromatic carbocycles. The minimum absolute atomic E-state index is 0.242. The number of aromatic nitrogens is 2. The highest BCUT2D eigenvalue weighted by molar-refractivity contribution is 7.90. The SMILES string of the molecule is CCC1C=CC(NC(=O)c2nn(Cc3ccc(S(C)(=O)=O)cc3)c3ccccc23)=CC1. The number of hydrogen-bond acceptors (Lipinski definition) is 4. The van der Waals surface area contributed by atoms with Crippen molar-refractivity contribution in [3.63, 3.8) is 0 Å². The molecular weight excluding hydrogens is 410 g/mol. The van der Waals surface area contributed by atoms with Crippen molar-refractivity contribution in [3.05, 3.63) is 83.7 Å². The molecule has 1 aromatic heterocycles. The molecule has 1 heterocycles. The minimum Gasteiger partial charge on any atom is -0.321 e. The van der Waals surface area contributed by atoms with Crippen molar-refractivity contribution in [1.82, 2.24) is 15.1 Å². The Hall–Kier alpha value is -3.19. The maximum Gasteiger partial charge on any atom is 0.276 e. The Morgan fingerprint density at radius 2 is 1.90 bits per heavy atom. The molecule has 1 aliphatic rings. The van der Waals surface area contributed by atoms with Crippen LogP contribution in [-0.2, 0) is 16.4 Å². The van der Waals surface area contributed by atoms with Crippen LogP contribution in [0.1, 0.15) is 35.8 Å². The monoisotopic (exact) mass is 435 g/mol. The molecule has 0 radical (unpaired) electrons. The number of carbonyl (C=O) groups is 1. The van der Waals surface area contributed by atoms with Gasteiger partial charge in [-0.15, -0.1) is 0 Å². The Bertz CT molecular complexity index is 1290. The first-order valence-corrected chi connectivity index (χ1v) is 12.2. The summed E-state index contributed by atoms with van der Waals surface area (Å²) in [5.74, 6) is 0.281. The fourth-order valence-electron chi connectivity index (χ4n) is 3.68. The number of hydrogen-bond donors (Lipinski definition) is 1. The van der Waals surface area contributed by atoms with Crippen molar-refractivity contribution in [1.29, 1.82) is 0 Å². The number of sulfone groups is 1. The smallest absolute Gasteiger partial charge is 0.276 e. The molecule has 0 saturated heterocycles. The van der Waals surface area contributed by atoms with Gasteiger partial charge in [0.25, 0.3) is 5.91 Å². The summed E-state index contributed by atoms with van der Waals surface area (Å²) < 4.78 is 25.1. The maximum absolute atomic E-state index is 13.0. The zero-order valence-corrected chi connectivity index (χ0v) is 18.4. The van der Waals surface area contributed by atoms with E-state index in [-0.39, 0.29) is 10.8 Å². The molecule has 0 bridgehead atoms. The first kappa shape index (κ1) is 21.1. The van der Waals surface area contributed by atoms with Crippen LogP contribution in [0.25, 0.3) is 10.9 Å². The van der Waals surface area contributed by atoms with E-state index in [9.17, 15) is 13.2 Å². The minimum atomic E-state index is -3.24. The van der Waals surface area contributed by atoms with Gasteiger partial charge in [-0.1, -0.05) is 49.4 Å². The number of amides is 1. The van der Waals surface area contributed by atoms with Crippen molar-refractivity contribution >= 4 is 26.6 Å². The van der Waals surface area contributed by atoms with Crippen molar-refractivity contribution in [2.45, 2.75) is 31.2 Å². The molecule has 0 spiro atoms. The van der Waals surface area contributed by atoms with Crippen LogP contribution in [0, 0.1) is 5.92 Å². The zero-order chi connectivity index (χ0) is 22.0. The second kappa shape index (κ2) is 8.51. The third-order valence-corrected chi connectivity index (χ3v) is 6.66. The van der Waals surface area contributed by atoms with Gasteiger partial charge in [0.1, 0.15) is 0 Å². The average molecular weight is 436 g/mol. The van der Waals surface area contributed by atoms with Gasteiger partial charge >= 0.3 is 0 Å². The summed E-state index contributed by atoms with van der Waals surface area (Å²) in [5, 5.41) is 8.33. The predicted octanol–water partition coefficient (Wildman–Crippen LogP) is 4.09. The number of benzene rings is 2. The van der Waals surface area contributed by atoms with Crippen molar-refractivity contribution in [2.75, 3.05) is 6.26 Å². The van der Waals surface area contributed by atoms with Crippen molar-refractivity contribution in [2.24, 2.45) is 5.92 Å². The molecule has 7 heteroatoms. The van der Waals surface area contributed by atoms with Crippen molar-refractivity contribution in [3.8, 4) is 0 Å². The van der Waals surface area contributed by atoms with Crippen LogP contribution >= 0.6 is 0 Å². The van der Waals surface area contributed by atoms with Crippen LogP contribution < -0.4 is 5.32 Å². The third kappa shape index (κ3) is 4.61. The second-order valence-electron chi connectivity index (χ2n) is 7.82. The van der Waals surface area contributed by atoms with E-state index in [2.05, 4.69) is 29.5 Å². The normalized spacial score (nSPS) is 16.3. The Kier molecular flexibility index (Phi) is 5.78. The Morgan fingerprint density at radius 3 is 2.55 bits per heavy atom. The van der Waals surface area contributed by atoms with Gasteiger partial charge in [0, 0.05) is 17.3 Å². The lowest BCUT2D eigenvalue weighted by Gasteiger charge is -2.14. The Labute approximate surface area is 182 Å². The van der Waals surface area contributed by atoms with E-state index >= 15 is 0 Å². The molecule has 160 valence electrons. The lowest BCUT2D eigenvalue weighted by molar-refractivity contribution is 0.0962. The molecule has 3 aromatic rings. The summed E-state index contributed by atoms with van der Waals surface area (Å²) in [6, 6.07) is 14.3. The molecule has 1 N–H and O–H groups in total. The average Bonchev–Trinajstić information content (AvgIpc) is 3.13. The first-order valence-electron chi connectivity index (χ1n) is 10.3. The van der Waals surface area contributed by atoms with E-state index < -0.39 is 9.84 Å². The summed E-state index contributed by atoms with van der Waals surface area (Å²) in [4.78, 5) is 13.2. The van der Waals surface area contributed by atoms with Crippen molar-refractivity contribution < 1.29 is 13.2 Å². The topological polar surface area (TPSA) is 81.1 Å². The van der Waals surface area contributed by atoms with E-state index in [0.29, 0.717) is 18.2 Å². The number of para-hydroxylation sites is 1. The van der Waals surface area contributed by atoms with E-state index in [4.69, 9.17) is 0 Å². The molecule has 1 aliphatic carbocycles. The summed E-state index contributed by atoms with van der Waals surface area (Å²) >= 11 is 0. The largest absolute Gasteiger partial charge is 0.321 e. The van der Waals surface area contributed by atoms with Crippen LogP contribution in [-0.4, -0.2) is 30.4 Å². The molecule has 0 fully saturated rings. The van der Waals surface area contributed by atoms with Crippen LogP contribution in [0.2, 0.25) is 0 Å². The van der Waals surface area contributed by atoms with Gasteiger partial charge < -0.3 is 5.32 Å². The second-order valence-corrected chi connectivity index (χ2v) is 9.83. The highest BCUT2D eigenvalue weighted by atomic mass is 32.2. The van der Waals surface area contributed by atoms with Crippen LogP contribution in [0.5, 0.6) is 0 Å². The lowest BCUT2D eigenvalue weighted by Crippen LogP contribution is -2.24. The number of fused-ring (bicyclic) bond motifs is 1. The highest BCUT2D eigenvalue weighted by Gasteiger charge is 2.18. The number of nitrogens with zero attached hydrogens (tertiary/aromatic N) is 2.